The number of carbonyl (C=O) groups is 1. The Bertz CT molecular complexity index is 1100. The molecule has 7 heteroatoms. The molecule has 0 aliphatic carbocycles. The van der Waals surface area contributed by atoms with Crippen molar-refractivity contribution >= 4 is 16.9 Å². The number of hydrogen-bond acceptors (Lipinski definition) is 3. The zero-order valence-electron chi connectivity index (χ0n) is 15.9. The van der Waals surface area contributed by atoms with Crippen LogP contribution in [-0.2, 0) is 23.3 Å². The predicted octanol–water partition coefficient (Wildman–Crippen LogP) is 3.74. The number of carbonyl (C=O) groups excluding carboxylic acids is 1. The Morgan fingerprint density at radius 2 is 2.04 bits per heavy atom. The van der Waals surface area contributed by atoms with E-state index >= 15 is 0 Å². The topological polar surface area (TPSA) is 70.7 Å². The molecule has 0 aliphatic rings. The lowest BCUT2D eigenvalue weighted by atomic mass is 9.85. The van der Waals surface area contributed by atoms with Crippen molar-refractivity contribution < 1.29 is 13.6 Å². The number of aromatic nitrogens is 2. The van der Waals surface area contributed by atoms with E-state index in [4.69, 9.17) is 0 Å². The Hall–Kier alpha value is -3.27. The van der Waals surface area contributed by atoms with Gasteiger partial charge in [0.05, 0.1) is 23.3 Å². The minimum Gasteiger partial charge on any atom is -0.350 e. The molecule has 0 atom stereocenters. The molecule has 1 heterocycles. The van der Waals surface area contributed by atoms with E-state index < -0.39 is 17.0 Å². The minimum atomic E-state index is -1.02. The van der Waals surface area contributed by atoms with Gasteiger partial charge in [-0.2, -0.15) is 5.26 Å². The van der Waals surface area contributed by atoms with E-state index in [1.165, 1.54) is 17.0 Å². The SMILES string of the molecule is Cc1cc(C(C)(C)C#N)ccc1CNC(=O)Cn1cnc2ccc(F)c(F)c21. The number of fused-ring (bicyclic) bond motifs is 1. The Kier molecular flexibility index (Phi) is 5.14. The minimum absolute atomic E-state index is 0.0329. The van der Waals surface area contributed by atoms with Crippen LogP contribution in [0, 0.1) is 29.9 Å². The first-order chi connectivity index (χ1) is 13.2. The predicted molar refractivity (Wildman–Crippen MR) is 101 cm³/mol. The summed E-state index contributed by atoms with van der Waals surface area (Å²) in [5.41, 5.74) is 2.45. The number of imidazole rings is 1. The average molecular weight is 382 g/mol. The van der Waals surface area contributed by atoms with Gasteiger partial charge in [-0.05, 0) is 49.6 Å². The van der Waals surface area contributed by atoms with Gasteiger partial charge < -0.3 is 9.88 Å². The molecule has 0 fully saturated rings. The molecule has 0 saturated heterocycles. The van der Waals surface area contributed by atoms with Crippen LogP contribution in [0.25, 0.3) is 11.0 Å². The summed E-state index contributed by atoms with van der Waals surface area (Å²) in [7, 11) is 0. The fraction of sp³-hybridized carbons (Fsp3) is 0.286. The molecule has 0 bridgehead atoms. The third-order valence-electron chi connectivity index (χ3n) is 4.80. The van der Waals surface area contributed by atoms with Crippen molar-refractivity contribution in [2.75, 3.05) is 0 Å². The first-order valence-electron chi connectivity index (χ1n) is 8.79. The van der Waals surface area contributed by atoms with Crippen LogP contribution in [0.4, 0.5) is 8.78 Å². The van der Waals surface area contributed by atoms with E-state index in [1.54, 1.807) is 0 Å². The summed E-state index contributed by atoms with van der Waals surface area (Å²) in [5, 5.41) is 12.0. The van der Waals surface area contributed by atoms with Crippen LogP contribution in [0.5, 0.6) is 0 Å². The molecule has 0 spiro atoms. The Morgan fingerprint density at radius 3 is 2.71 bits per heavy atom. The summed E-state index contributed by atoms with van der Waals surface area (Å²) in [4.78, 5) is 16.3. The second kappa shape index (κ2) is 7.39. The van der Waals surface area contributed by atoms with E-state index in [-0.39, 0.29) is 18.0 Å². The van der Waals surface area contributed by atoms with Crippen LogP contribution < -0.4 is 5.32 Å². The third kappa shape index (κ3) is 3.72. The number of nitrogens with one attached hydrogen (secondary N) is 1. The molecule has 28 heavy (non-hydrogen) atoms. The molecule has 1 N–H and O–H groups in total. The number of rotatable bonds is 5. The third-order valence-corrected chi connectivity index (χ3v) is 4.80. The molecule has 1 aromatic heterocycles. The lowest BCUT2D eigenvalue weighted by Crippen LogP contribution is -2.27. The van der Waals surface area contributed by atoms with Gasteiger partial charge >= 0.3 is 0 Å². The Balaban J connectivity index is 1.70. The summed E-state index contributed by atoms with van der Waals surface area (Å²) in [6.45, 7) is 5.73. The van der Waals surface area contributed by atoms with E-state index in [9.17, 15) is 18.8 Å². The first kappa shape index (κ1) is 19.5. The number of hydrogen-bond donors (Lipinski definition) is 1. The van der Waals surface area contributed by atoms with Gasteiger partial charge in [0.15, 0.2) is 11.6 Å². The van der Waals surface area contributed by atoms with Crippen LogP contribution in [0.1, 0.15) is 30.5 Å². The number of aryl methyl sites for hydroxylation is 1. The molecule has 3 rings (SSSR count). The maximum absolute atomic E-state index is 14.0. The van der Waals surface area contributed by atoms with Crippen molar-refractivity contribution in [3.8, 4) is 6.07 Å². The van der Waals surface area contributed by atoms with Gasteiger partial charge in [0, 0.05) is 6.54 Å². The molecule has 0 aliphatic heterocycles. The fourth-order valence-electron chi connectivity index (χ4n) is 2.97. The zero-order valence-corrected chi connectivity index (χ0v) is 15.9. The van der Waals surface area contributed by atoms with Crippen molar-refractivity contribution in [1.82, 2.24) is 14.9 Å². The van der Waals surface area contributed by atoms with Gasteiger partial charge in [-0.25, -0.2) is 13.8 Å². The van der Waals surface area contributed by atoms with Crippen LogP contribution >= 0.6 is 0 Å². The van der Waals surface area contributed by atoms with Gasteiger partial charge in [0.1, 0.15) is 12.1 Å². The molecular weight excluding hydrogens is 362 g/mol. The maximum Gasteiger partial charge on any atom is 0.240 e. The van der Waals surface area contributed by atoms with Crippen LogP contribution in [0.3, 0.4) is 0 Å². The summed E-state index contributed by atoms with van der Waals surface area (Å²) in [5.74, 6) is -2.34. The highest BCUT2D eigenvalue weighted by molar-refractivity contribution is 5.81. The highest BCUT2D eigenvalue weighted by atomic mass is 19.2. The van der Waals surface area contributed by atoms with Gasteiger partial charge in [-0.3, -0.25) is 4.79 Å². The monoisotopic (exact) mass is 382 g/mol. The van der Waals surface area contributed by atoms with Crippen molar-refractivity contribution in [3.63, 3.8) is 0 Å². The van der Waals surface area contributed by atoms with Crippen molar-refractivity contribution in [2.45, 2.75) is 39.3 Å². The largest absolute Gasteiger partial charge is 0.350 e. The van der Waals surface area contributed by atoms with E-state index in [0.717, 1.165) is 22.8 Å². The van der Waals surface area contributed by atoms with E-state index in [1.807, 2.05) is 39.0 Å². The molecule has 2 aromatic carbocycles. The summed E-state index contributed by atoms with van der Waals surface area (Å²) in [6.07, 6.45) is 1.32. The van der Waals surface area contributed by atoms with Gasteiger partial charge in [0.2, 0.25) is 5.91 Å². The molecule has 0 radical (unpaired) electrons. The summed E-state index contributed by atoms with van der Waals surface area (Å²) >= 11 is 0. The quantitative estimate of drug-likeness (QED) is 0.731. The normalized spacial score (nSPS) is 11.4. The lowest BCUT2D eigenvalue weighted by Gasteiger charge is -2.18. The lowest BCUT2D eigenvalue weighted by molar-refractivity contribution is -0.121. The molecule has 144 valence electrons. The number of nitrogens with zero attached hydrogens (tertiary/aromatic N) is 3. The van der Waals surface area contributed by atoms with Crippen molar-refractivity contribution in [3.05, 3.63) is 65.0 Å². The smallest absolute Gasteiger partial charge is 0.240 e. The Labute approximate surface area is 161 Å². The van der Waals surface area contributed by atoms with Gasteiger partial charge in [-0.1, -0.05) is 18.2 Å². The van der Waals surface area contributed by atoms with Crippen molar-refractivity contribution in [1.29, 1.82) is 5.26 Å². The number of halogens is 2. The molecule has 1 amide bonds. The number of nitriles is 1. The van der Waals surface area contributed by atoms with Crippen LogP contribution in [0.2, 0.25) is 0 Å². The molecule has 3 aromatic rings. The number of amides is 1. The maximum atomic E-state index is 14.0. The second-order valence-corrected chi connectivity index (χ2v) is 7.26. The summed E-state index contributed by atoms with van der Waals surface area (Å²) < 4.78 is 28.8. The highest BCUT2D eigenvalue weighted by Crippen LogP contribution is 2.24. The van der Waals surface area contributed by atoms with Crippen LogP contribution in [-0.4, -0.2) is 15.5 Å². The molecule has 0 unspecified atom stereocenters. The standard InChI is InChI=1S/C21H20F2N4O/c1-13-8-15(21(2,3)11-24)5-4-14(13)9-25-18(28)10-27-12-26-17-7-6-16(22)19(23)20(17)27/h4-8,12H,9-10H2,1-3H3,(H,25,28). The van der Waals surface area contributed by atoms with E-state index in [2.05, 4.69) is 16.4 Å². The molecular formula is C21H20F2N4O. The second-order valence-electron chi connectivity index (χ2n) is 7.26. The zero-order chi connectivity index (χ0) is 20.5. The molecule has 0 saturated carbocycles. The summed E-state index contributed by atoms with van der Waals surface area (Å²) in [6, 6.07) is 10.3. The molecule has 5 nitrogen and oxygen atoms in total. The number of benzene rings is 2. The van der Waals surface area contributed by atoms with Gasteiger partial charge in [0.25, 0.3) is 0 Å². The first-order valence-corrected chi connectivity index (χ1v) is 8.79. The van der Waals surface area contributed by atoms with Gasteiger partial charge in [-0.15, -0.1) is 0 Å². The van der Waals surface area contributed by atoms with Crippen molar-refractivity contribution in [2.24, 2.45) is 0 Å². The Morgan fingerprint density at radius 1 is 1.29 bits per heavy atom. The average Bonchev–Trinajstić information content (AvgIpc) is 3.07. The van der Waals surface area contributed by atoms with Crippen LogP contribution in [0.15, 0.2) is 36.7 Å². The fourth-order valence-corrected chi connectivity index (χ4v) is 2.97. The van der Waals surface area contributed by atoms with E-state index in [0.29, 0.717) is 12.1 Å². The highest BCUT2D eigenvalue weighted by Gasteiger charge is 2.20.